The summed E-state index contributed by atoms with van der Waals surface area (Å²) in [7, 11) is -2.02. The van der Waals surface area contributed by atoms with Crippen LogP contribution in [0.5, 0.6) is 0 Å². The zero-order valence-corrected chi connectivity index (χ0v) is 13.2. The van der Waals surface area contributed by atoms with Crippen molar-refractivity contribution in [2.24, 2.45) is 7.05 Å². The van der Waals surface area contributed by atoms with Crippen LogP contribution >= 0.6 is 0 Å². The Bertz CT molecular complexity index is 733. The van der Waals surface area contributed by atoms with Gasteiger partial charge in [-0.25, -0.2) is 13.1 Å². The zero-order valence-electron chi connectivity index (χ0n) is 12.4. The van der Waals surface area contributed by atoms with Crippen molar-refractivity contribution in [3.05, 3.63) is 35.5 Å². The van der Waals surface area contributed by atoms with Gasteiger partial charge in [0.05, 0.1) is 16.3 Å². The fraction of sp³-hybridized carbons (Fsp3) is 0.357. The summed E-state index contributed by atoms with van der Waals surface area (Å²) in [4.78, 5) is 0.209. The van der Waals surface area contributed by atoms with Crippen LogP contribution in [-0.4, -0.2) is 18.2 Å². The Morgan fingerprint density at radius 2 is 1.90 bits per heavy atom. The maximum atomic E-state index is 12.4. The molecule has 114 valence electrons. The van der Waals surface area contributed by atoms with Gasteiger partial charge in [0.15, 0.2) is 5.82 Å². The molecule has 3 N–H and O–H groups in total. The molecule has 0 unspecified atom stereocenters. The number of aromatic nitrogens is 2. The summed E-state index contributed by atoms with van der Waals surface area (Å²) >= 11 is 0. The number of hydrogen-bond donors (Lipinski definition) is 2. The van der Waals surface area contributed by atoms with Gasteiger partial charge in [0.2, 0.25) is 0 Å². The Hall–Kier alpha value is -2.02. The third-order valence-corrected chi connectivity index (χ3v) is 4.63. The largest absolute Gasteiger partial charge is 0.394 e. The Balaban J connectivity index is 2.29. The molecule has 1 aromatic carbocycles. The summed E-state index contributed by atoms with van der Waals surface area (Å²) in [6.45, 7) is 3.81. The second-order valence-electron chi connectivity index (χ2n) is 4.97. The summed E-state index contributed by atoms with van der Waals surface area (Å²) in [5, 5.41) is 4.09. The Labute approximate surface area is 125 Å². The third kappa shape index (κ3) is 3.18. The van der Waals surface area contributed by atoms with E-state index in [1.54, 1.807) is 26.1 Å². The number of benzene rings is 1. The molecule has 0 bridgehead atoms. The van der Waals surface area contributed by atoms with Gasteiger partial charge in [-0.1, -0.05) is 25.5 Å². The monoisotopic (exact) mass is 308 g/mol. The summed E-state index contributed by atoms with van der Waals surface area (Å²) in [5.41, 5.74) is 7.89. The Kier molecular flexibility index (Phi) is 4.22. The van der Waals surface area contributed by atoms with E-state index >= 15 is 0 Å². The van der Waals surface area contributed by atoms with E-state index in [1.165, 1.54) is 4.68 Å². The van der Waals surface area contributed by atoms with E-state index in [2.05, 4.69) is 16.7 Å². The van der Waals surface area contributed by atoms with E-state index in [0.29, 0.717) is 11.4 Å². The molecule has 0 saturated heterocycles. The fourth-order valence-corrected chi connectivity index (χ4v) is 3.21. The highest BCUT2D eigenvalue weighted by Gasteiger charge is 2.19. The van der Waals surface area contributed by atoms with Crippen LogP contribution in [0.15, 0.2) is 29.2 Å². The van der Waals surface area contributed by atoms with Gasteiger partial charge in [-0.2, -0.15) is 5.10 Å². The van der Waals surface area contributed by atoms with Crippen molar-refractivity contribution in [2.45, 2.75) is 31.6 Å². The average molecular weight is 308 g/mol. The molecular weight excluding hydrogens is 288 g/mol. The molecule has 6 nitrogen and oxygen atoms in total. The van der Waals surface area contributed by atoms with Crippen LogP contribution in [0.25, 0.3) is 0 Å². The van der Waals surface area contributed by atoms with Crippen LogP contribution in [0.2, 0.25) is 0 Å². The van der Waals surface area contributed by atoms with Crippen molar-refractivity contribution >= 4 is 21.5 Å². The minimum absolute atomic E-state index is 0.209. The molecule has 2 rings (SSSR count). The molecule has 1 aromatic heterocycles. The van der Waals surface area contributed by atoms with E-state index in [9.17, 15) is 8.42 Å². The van der Waals surface area contributed by atoms with Gasteiger partial charge in [-0.15, -0.1) is 0 Å². The van der Waals surface area contributed by atoms with Gasteiger partial charge in [-0.05, 0) is 31.0 Å². The molecule has 7 heteroatoms. The van der Waals surface area contributed by atoms with Gasteiger partial charge in [0, 0.05) is 7.05 Å². The summed E-state index contributed by atoms with van der Waals surface area (Å²) < 4.78 is 28.7. The molecule has 1 heterocycles. The standard InChI is InChI=1S/C14H20N4O2S/c1-4-5-11-6-8-12(9-7-11)21(19,20)17-14-13(15)10(2)16-18(14)3/h6-9,17H,4-5,15H2,1-3H3. The summed E-state index contributed by atoms with van der Waals surface area (Å²) in [5.74, 6) is 0.283. The van der Waals surface area contributed by atoms with Crippen LogP contribution < -0.4 is 10.5 Å². The molecule has 0 radical (unpaired) electrons. The van der Waals surface area contributed by atoms with E-state index in [1.807, 2.05) is 12.1 Å². The molecule has 0 atom stereocenters. The lowest BCUT2D eigenvalue weighted by Gasteiger charge is -2.09. The molecule has 21 heavy (non-hydrogen) atoms. The van der Waals surface area contributed by atoms with Crippen LogP contribution in [0.4, 0.5) is 11.5 Å². The molecular formula is C14H20N4O2S. The normalized spacial score (nSPS) is 11.6. The summed E-state index contributed by atoms with van der Waals surface area (Å²) in [6, 6.07) is 6.87. The predicted molar refractivity (Wildman–Crippen MR) is 83.6 cm³/mol. The molecule has 0 aliphatic rings. The second kappa shape index (κ2) is 5.77. The molecule has 0 amide bonds. The van der Waals surface area contributed by atoms with Gasteiger partial charge >= 0.3 is 0 Å². The first-order chi connectivity index (χ1) is 9.85. The molecule has 0 saturated carbocycles. The predicted octanol–water partition coefficient (Wildman–Crippen LogP) is 2.06. The van der Waals surface area contributed by atoms with Crippen molar-refractivity contribution < 1.29 is 8.42 Å². The third-order valence-electron chi connectivity index (χ3n) is 3.27. The number of nitrogens with two attached hydrogens (primary N) is 1. The van der Waals surface area contributed by atoms with Crippen LogP contribution in [0.3, 0.4) is 0 Å². The topological polar surface area (TPSA) is 90.0 Å². The number of rotatable bonds is 5. The number of aryl methyl sites for hydroxylation is 3. The first-order valence-corrected chi connectivity index (χ1v) is 8.24. The number of nitrogens with zero attached hydrogens (tertiary/aromatic N) is 2. The van der Waals surface area contributed by atoms with E-state index in [4.69, 9.17) is 5.73 Å². The van der Waals surface area contributed by atoms with E-state index in [-0.39, 0.29) is 10.7 Å². The number of hydrogen-bond acceptors (Lipinski definition) is 4. The lowest BCUT2D eigenvalue weighted by molar-refractivity contribution is 0.600. The number of nitrogens with one attached hydrogen (secondary N) is 1. The van der Waals surface area contributed by atoms with Gasteiger partial charge in [-0.3, -0.25) is 4.72 Å². The van der Waals surface area contributed by atoms with Gasteiger partial charge < -0.3 is 5.73 Å². The molecule has 0 aliphatic carbocycles. The highest BCUT2D eigenvalue weighted by molar-refractivity contribution is 7.92. The second-order valence-corrected chi connectivity index (χ2v) is 6.65. The minimum Gasteiger partial charge on any atom is -0.394 e. The van der Waals surface area contributed by atoms with Crippen LogP contribution in [-0.2, 0) is 23.5 Å². The van der Waals surface area contributed by atoms with Gasteiger partial charge in [0.1, 0.15) is 0 Å². The van der Waals surface area contributed by atoms with Crippen LogP contribution in [0, 0.1) is 6.92 Å². The molecule has 2 aromatic rings. The molecule has 0 fully saturated rings. The van der Waals surface area contributed by atoms with E-state index < -0.39 is 10.0 Å². The van der Waals surface area contributed by atoms with Crippen molar-refractivity contribution in [2.75, 3.05) is 10.5 Å². The fourth-order valence-electron chi connectivity index (χ4n) is 2.11. The van der Waals surface area contributed by atoms with Crippen molar-refractivity contribution in [1.29, 1.82) is 0 Å². The van der Waals surface area contributed by atoms with Crippen molar-refractivity contribution in [1.82, 2.24) is 9.78 Å². The lowest BCUT2D eigenvalue weighted by atomic mass is 10.1. The minimum atomic E-state index is -3.67. The molecule has 0 aliphatic heterocycles. The van der Waals surface area contributed by atoms with Gasteiger partial charge in [0.25, 0.3) is 10.0 Å². The Morgan fingerprint density at radius 1 is 1.29 bits per heavy atom. The first kappa shape index (κ1) is 15.4. The summed E-state index contributed by atoms with van der Waals surface area (Å²) in [6.07, 6.45) is 1.96. The maximum absolute atomic E-state index is 12.4. The lowest BCUT2D eigenvalue weighted by Crippen LogP contribution is -2.16. The average Bonchev–Trinajstić information content (AvgIpc) is 2.66. The van der Waals surface area contributed by atoms with E-state index in [0.717, 1.165) is 18.4 Å². The SMILES string of the molecule is CCCc1ccc(S(=O)(=O)Nc2c(N)c(C)nn2C)cc1. The van der Waals surface area contributed by atoms with Crippen molar-refractivity contribution in [3.63, 3.8) is 0 Å². The maximum Gasteiger partial charge on any atom is 0.263 e. The Morgan fingerprint density at radius 3 is 2.38 bits per heavy atom. The smallest absolute Gasteiger partial charge is 0.263 e. The zero-order chi connectivity index (χ0) is 15.6. The number of anilines is 2. The quantitative estimate of drug-likeness (QED) is 0.884. The molecule has 0 spiro atoms. The highest BCUT2D eigenvalue weighted by Crippen LogP contribution is 2.24. The number of sulfonamides is 1. The number of nitrogen functional groups attached to an aromatic ring is 1. The highest BCUT2D eigenvalue weighted by atomic mass is 32.2. The van der Waals surface area contributed by atoms with Crippen LogP contribution in [0.1, 0.15) is 24.6 Å². The van der Waals surface area contributed by atoms with Crippen molar-refractivity contribution in [3.8, 4) is 0 Å². The first-order valence-electron chi connectivity index (χ1n) is 6.76.